The fourth-order valence-electron chi connectivity index (χ4n) is 1.69. The van der Waals surface area contributed by atoms with Crippen molar-refractivity contribution >= 4 is 15.7 Å². The van der Waals surface area contributed by atoms with E-state index in [1.165, 1.54) is 0 Å². The molecule has 0 fully saturated rings. The zero-order valence-electron chi connectivity index (χ0n) is 10.4. The summed E-state index contributed by atoms with van der Waals surface area (Å²) in [7, 11) is -2.82. The second-order valence-electron chi connectivity index (χ2n) is 4.10. The van der Waals surface area contributed by atoms with E-state index >= 15 is 0 Å². The van der Waals surface area contributed by atoms with Gasteiger partial charge in [-0.15, -0.1) is 0 Å². The highest BCUT2D eigenvalue weighted by Gasteiger charge is 2.27. The average Bonchev–Trinajstić information content (AvgIpc) is 2.22. The smallest absolute Gasteiger partial charge is 0.252 e. The normalized spacial score (nSPS) is 12.4. The summed E-state index contributed by atoms with van der Waals surface area (Å²) < 4.78 is 49.6. The highest BCUT2D eigenvalue weighted by Crippen LogP contribution is 2.27. The van der Waals surface area contributed by atoms with Crippen LogP contribution in [0.15, 0.2) is 17.0 Å². The van der Waals surface area contributed by atoms with Crippen LogP contribution in [0, 0.1) is 13.8 Å². The second-order valence-corrected chi connectivity index (χ2v) is 6.08. The lowest BCUT2D eigenvalue weighted by Gasteiger charge is -2.20. The first-order chi connectivity index (χ1) is 8.17. The molecule has 18 heavy (non-hydrogen) atoms. The molecule has 4 nitrogen and oxygen atoms in total. The third-order valence-electron chi connectivity index (χ3n) is 2.71. The Hall–Kier alpha value is -1.21. The van der Waals surface area contributed by atoms with Crippen LogP contribution < -0.4 is 5.73 Å². The number of anilines is 1. The number of sulfonamides is 1. The lowest BCUT2D eigenvalue weighted by atomic mass is 10.1. The van der Waals surface area contributed by atoms with Gasteiger partial charge in [0.1, 0.15) is 0 Å². The van der Waals surface area contributed by atoms with E-state index in [-0.39, 0.29) is 4.90 Å². The fraction of sp³-hybridized carbons (Fsp3) is 0.455. The maximum Gasteiger partial charge on any atom is 0.252 e. The Morgan fingerprint density at radius 2 is 1.89 bits per heavy atom. The molecular weight excluding hydrogens is 262 g/mol. The van der Waals surface area contributed by atoms with Crippen LogP contribution in [-0.4, -0.2) is 32.7 Å². The van der Waals surface area contributed by atoms with Crippen molar-refractivity contribution in [2.45, 2.75) is 25.2 Å². The molecule has 102 valence electrons. The molecule has 0 aliphatic heterocycles. The van der Waals surface area contributed by atoms with Gasteiger partial charge in [0, 0.05) is 12.7 Å². The van der Waals surface area contributed by atoms with Gasteiger partial charge in [0.25, 0.3) is 6.43 Å². The number of aryl methyl sites for hydroxylation is 1. The molecule has 0 aliphatic carbocycles. The number of nitrogens with two attached hydrogens (primary N) is 1. The minimum Gasteiger partial charge on any atom is -0.398 e. The zero-order valence-corrected chi connectivity index (χ0v) is 11.3. The van der Waals surface area contributed by atoms with E-state index in [0.717, 1.165) is 7.05 Å². The highest BCUT2D eigenvalue weighted by molar-refractivity contribution is 7.89. The Morgan fingerprint density at radius 3 is 2.39 bits per heavy atom. The molecule has 0 saturated carbocycles. The average molecular weight is 278 g/mol. The summed E-state index contributed by atoms with van der Waals surface area (Å²) in [6, 6.07) is 3.15. The first-order valence-corrected chi connectivity index (χ1v) is 6.72. The molecule has 0 aliphatic rings. The van der Waals surface area contributed by atoms with Crippen LogP contribution in [0.2, 0.25) is 0 Å². The van der Waals surface area contributed by atoms with Gasteiger partial charge in [-0.05, 0) is 31.0 Å². The summed E-state index contributed by atoms with van der Waals surface area (Å²) >= 11 is 0. The van der Waals surface area contributed by atoms with Crippen LogP contribution in [0.4, 0.5) is 14.5 Å². The van der Waals surface area contributed by atoms with Gasteiger partial charge >= 0.3 is 0 Å². The molecule has 0 unspecified atom stereocenters. The number of rotatable bonds is 4. The Morgan fingerprint density at radius 1 is 1.33 bits per heavy atom. The van der Waals surface area contributed by atoms with Crippen LogP contribution in [0.25, 0.3) is 0 Å². The minimum atomic E-state index is -3.94. The van der Waals surface area contributed by atoms with Gasteiger partial charge in [-0.25, -0.2) is 17.2 Å². The largest absolute Gasteiger partial charge is 0.398 e. The van der Waals surface area contributed by atoms with Crippen molar-refractivity contribution in [3.05, 3.63) is 23.3 Å². The molecule has 7 heteroatoms. The second kappa shape index (κ2) is 5.19. The van der Waals surface area contributed by atoms with Crippen molar-refractivity contribution in [1.82, 2.24) is 4.31 Å². The summed E-state index contributed by atoms with van der Waals surface area (Å²) in [6.07, 6.45) is -2.72. The van der Waals surface area contributed by atoms with Crippen molar-refractivity contribution < 1.29 is 17.2 Å². The van der Waals surface area contributed by atoms with Gasteiger partial charge < -0.3 is 5.73 Å². The molecule has 0 spiro atoms. The number of nitrogens with zero attached hydrogens (tertiary/aromatic N) is 1. The Kier molecular flexibility index (Phi) is 4.28. The summed E-state index contributed by atoms with van der Waals surface area (Å²) in [5.74, 6) is 0. The number of hydrogen-bond acceptors (Lipinski definition) is 3. The third kappa shape index (κ3) is 2.78. The maximum atomic E-state index is 12.3. The molecule has 1 aromatic carbocycles. The van der Waals surface area contributed by atoms with Gasteiger partial charge in [-0.2, -0.15) is 4.31 Å². The SMILES string of the molecule is Cc1ccc(N)c(C)c1S(=O)(=O)N(C)CC(F)F. The first-order valence-electron chi connectivity index (χ1n) is 5.28. The topological polar surface area (TPSA) is 63.4 Å². The lowest BCUT2D eigenvalue weighted by Crippen LogP contribution is -2.32. The van der Waals surface area contributed by atoms with Crippen LogP contribution in [-0.2, 0) is 10.0 Å². The summed E-state index contributed by atoms with van der Waals surface area (Å²) in [6.45, 7) is 2.33. The van der Waals surface area contributed by atoms with Crippen molar-refractivity contribution in [1.29, 1.82) is 0 Å². The van der Waals surface area contributed by atoms with Crippen LogP contribution in [0.1, 0.15) is 11.1 Å². The molecule has 0 heterocycles. The van der Waals surface area contributed by atoms with E-state index in [2.05, 4.69) is 0 Å². The standard InChI is InChI=1S/C11H16F2N2O2S/c1-7-4-5-9(14)8(2)11(7)18(16,17)15(3)6-10(12)13/h4-5,10H,6,14H2,1-3H3. The first kappa shape index (κ1) is 14.8. The van der Waals surface area contributed by atoms with Gasteiger partial charge in [-0.1, -0.05) is 6.07 Å². The van der Waals surface area contributed by atoms with Gasteiger partial charge in [0.2, 0.25) is 10.0 Å². The Balaban J connectivity index is 3.33. The number of benzene rings is 1. The maximum absolute atomic E-state index is 12.3. The monoisotopic (exact) mass is 278 g/mol. The number of alkyl halides is 2. The molecule has 1 aromatic rings. The zero-order chi connectivity index (χ0) is 14.1. The van der Waals surface area contributed by atoms with E-state index < -0.39 is 23.0 Å². The summed E-state index contributed by atoms with van der Waals surface area (Å²) in [5.41, 5.74) is 6.85. The van der Waals surface area contributed by atoms with Crippen LogP contribution in [0.3, 0.4) is 0 Å². The van der Waals surface area contributed by atoms with Gasteiger partial charge in [0.05, 0.1) is 11.4 Å². The number of hydrogen-bond donors (Lipinski definition) is 1. The summed E-state index contributed by atoms with van der Waals surface area (Å²) in [4.78, 5) is 0.00523. The molecule has 0 aromatic heterocycles. The van der Waals surface area contributed by atoms with E-state index in [0.29, 0.717) is 21.1 Å². The third-order valence-corrected chi connectivity index (χ3v) is 4.82. The molecule has 0 radical (unpaired) electrons. The Labute approximate surface area is 105 Å². The van der Waals surface area contributed by atoms with Crippen molar-refractivity contribution in [2.24, 2.45) is 0 Å². The lowest BCUT2D eigenvalue weighted by molar-refractivity contribution is 0.126. The number of halogens is 2. The van der Waals surface area contributed by atoms with Crippen molar-refractivity contribution in [2.75, 3.05) is 19.3 Å². The fourth-order valence-corrected chi connectivity index (χ4v) is 3.29. The summed E-state index contributed by atoms with van der Waals surface area (Å²) in [5, 5.41) is 0. The predicted molar refractivity (Wildman–Crippen MR) is 66.1 cm³/mol. The quantitative estimate of drug-likeness (QED) is 0.854. The van der Waals surface area contributed by atoms with E-state index in [1.807, 2.05) is 0 Å². The Bertz CT molecular complexity index is 544. The van der Waals surface area contributed by atoms with Gasteiger partial charge in [0.15, 0.2) is 0 Å². The molecule has 1 rings (SSSR count). The van der Waals surface area contributed by atoms with E-state index in [9.17, 15) is 17.2 Å². The molecule has 0 atom stereocenters. The molecular formula is C11H16F2N2O2S. The van der Waals surface area contributed by atoms with E-state index in [4.69, 9.17) is 5.73 Å². The molecule has 0 bridgehead atoms. The number of nitrogen functional groups attached to an aromatic ring is 1. The highest BCUT2D eigenvalue weighted by atomic mass is 32.2. The van der Waals surface area contributed by atoms with E-state index in [1.54, 1.807) is 26.0 Å². The van der Waals surface area contributed by atoms with Crippen molar-refractivity contribution in [3.63, 3.8) is 0 Å². The molecule has 2 N–H and O–H groups in total. The minimum absolute atomic E-state index is 0.00523. The molecule has 0 saturated heterocycles. The van der Waals surface area contributed by atoms with Crippen molar-refractivity contribution in [3.8, 4) is 0 Å². The predicted octanol–water partition coefficient (Wildman–Crippen LogP) is 1.77. The molecule has 0 amide bonds. The van der Waals surface area contributed by atoms with Gasteiger partial charge in [-0.3, -0.25) is 0 Å². The van der Waals surface area contributed by atoms with Crippen LogP contribution >= 0.6 is 0 Å². The van der Waals surface area contributed by atoms with Crippen LogP contribution in [0.5, 0.6) is 0 Å².